The van der Waals surface area contributed by atoms with E-state index >= 15 is 4.39 Å². The summed E-state index contributed by atoms with van der Waals surface area (Å²) in [5.74, 6) is -0.129. The van der Waals surface area contributed by atoms with Crippen LogP contribution in [-0.2, 0) is 39.4 Å². The molecule has 6 heterocycles. The molecular weight excluding hydrogens is 671 g/mol. The molecule has 0 amide bonds. The molecule has 2 saturated heterocycles. The predicted molar refractivity (Wildman–Crippen MR) is 152 cm³/mol. The first-order valence-corrected chi connectivity index (χ1v) is 17.5. The number of aromatic nitrogens is 9. The number of aliphatic hydroxyl groups excluding tert-OH is 1. The second-order valence-electron chi connectivity index (χ2n) is 9.56. The Morgan fingerprint density at radius 3 is 2.84 bits per heavy atom. The van der Waals surface area contributed by atoms with Gasteiger partial charge in [-0.2, -0.15) is 14.8 Å². The highest BCUT2D eigenvalue weighted by molar-refractivity contribution is 8.39. The number of nitrogen functional groups attached to an aromatic ring is 2. The highest BCUT2D eigenvalue weighted by atomic mass is 32.7. The zero-order valence-electron chi connectivity index (χ0n) is 21.9. The molecule has 0 bridgehead atoms. The van der Waals surface area contributed by atoms with Crippen molar-refractivity contribution in [1.82, 2.24) is 44.5 Å². The van der Waals surface area contributed by atoms with Gasteiger partial charge in [0.2, 0.25) is 5.95 Å². The zero-order chi connectivity index (χ0) is 31.3. The Bertz CT molecular complexity index is 1830. The van der Waals surface area contributed by atoms with Crippen molar-refractivity contribution in [1.29, 1.82) is 0 Å². The molecule has 0 aliphatic carbocycles. The Labute approximate surface area is 255 Å². The SMILES string of the molecule is Nc1nc2c(nnn2C2OC(CO[P+](=O)S)C(F)C2OP(O)(=S)OCC2OC(c3cnc4c(N)ncnn34)CC2O)c(=O)[nH]1. The average molecular weight is 695 g/mol. The summed E-state index contributed by atoms with van der Waals surface area (Å²) in [5.41, 5.74) is 11.1. The van der Waals surface area contributed by atoms with Crippen LogP contribution in [0.15, 0.2) is 17.3 Å². The molecule has 0 spiro atoms. The van der Waals surface area contributed by atoms with Gasteiger partial charge in [-0.1, -0.05) is 5.21 Å². The quantitative estimate of drug-likeness (QED) is 0.0898. The highest BCUT2D eigenvalue weighted by Crippen LogP contribution is 2.51. The van der Waals surface area contributed by atoms with Crippen LogP contribution in [0.3, 0.4) is 0 Å². The van der Waals surface area contributed by atoms with E-state index in [1.807, 2.05) is 0 Å². The maximum Gasteiger partial charge on any atom is 0.582 e. The number of nitrogens with zero attached hydrogens (tertiary/aromatic N) is 8. The molecule has 0 radical (unpaired) electrons. The number of ether oxygens (including phenoxy) is 2. The average Bonchev–Trinajstić information content (AvgIpc) is 3.72. The van der Waals surface area contributed by atoms with Gasteiger partial charge in [-0.05, 0) is 16.4 Å². The van der Waals surface area contributed by atoms with Gasteiger partial charge in [-0.25, -0.2) is 18.9 Å². The smallest absolute Gasteiger partial charge is 0.390 e. The van der Waals surface area contributed by atoms with Crippen molar-refractivity contribution >= 4 is 66.6 Å². The number of alkyl halides is 1. The summed E-state index contributed by atoms with van der Waals surface area (Å²) < 4.78 is 56.9. The first-order valence-electron chi connectivity index (χ1n) is 12.5. The van der Waals surface area contributed by atoms with E-state index in [0.29, 0.717) is 11.3 Å². The van der Waals surface area contributed by atoms with E-state index in [-0.39, 0.29) is 29.4 Å². The molecule has 4 aromatic heterocycles. The number of nitrogens with two attached hydrogens (primary N) is 2. The van der Waals surface area contributed by atoms with Gasteiger partial charge in [0.1, 0.15) is 49.6 Å². The number of aromatic amines is 1. The van der Waals surface area contributed by atoms with Crippen LogP contribution in [0.1, 0.15) is 24.4 Å². The summed E-state index contributed by atoms with van der Waals surface area (Å²) in [5, 5.41) is 22.3. The molecule has 20 nitrogen and oxygen atoms in total. The summed E-state index contributed by atoms with van der Waals surface area (Å²) in [7, 11) is -2.41. The van der Waals surface area contributed by atoms with Gasteiger partial charge in [0, 0.05) is 6.42 Å². The van der Waals surface area contributed by atoms with Gasteiger partial charge >= 0.3 is 13.9 Å². The van der Waals surface area contributed by atoms with Crippen LogP contribution in [0, 0.1) is 0 Å². The number of halogens is 1. The number of hydrogen-bond acceptors (Lipinski definition) is 17. The van der Waals surface area contributed by atoms with Crippen molar-refractivity contribution in [2.24, 2.45) is 0 Å². The third-order valence-electron chi connectivity index (χ3n) is 6.78. The van der Waals surface area contributed by atoms with Crippen molar-refractivity contribution in [2.45, 2.75) is 49.3 Å². The van der Waals surface area contributed by atoms with Gasteiger partial charge in [0.15, 0.2) is 35.0 Å². The molecule has 4 aromatic rings. The number of H-pyrrole nitrogens is 1. The molecule has 9 atom stereocenters. The Hall–Kier alpha value is -2.82. The van der Waals surface area contributed by atoms with E-state index < -0.39 is 75.6 Å². The predicted octanol–water partition coefficient (Wildman–Crippen LogP) is -0.534. The lowest BCUT2D eigenvalue weighted by molar-refractivity contribution is -0.0536. The maximum absolute atomic E-state index is 15.7. The van der Waals surface area contributed by atoms with Crippen LogP contribution in [0.4, 0.5) is 16.2 Å². The molecule has 0 aromatic carbocycles. The molecule has 44 heavy (non-hydrogen) atoms. The normalized spacial score (nSPS) is 29.0. The van der Waals surface area contributed by atoms with Gasteiger partial charge in [-0.15, -0.1) is 9.62 Å². The second kappa shape index (κ2) is 12.2. The van der Waals surface area contributed by atoms with Crippen molar-refractivity contribution in [2.75, 3.05) is 24.7 Å². The summed E-state index contributed by atoms with van der Waals surface area (Å²) in [6.45, 7) is -5.26. The number of thiol groups is 1. The number of rotatable bonds is 10. The number of imidazole rings is 1. The molecule has 6 rings (SSSR count). The van der Waals surface area contributed by atoms with Crippen LogP contribution in [-0.4, -0.2) is 98.3 Å². The van der Waals surface area contributed by atoms with E-state index in [2.05, 4.69) is 47.6 Å². The molecule has 2 aliphatic rings. The van der Waals surface area contributed by atoms with E-state index in [1.54, 1.807) is 0 Å². The summed E-state index contributed by atoms with van der Waals surface area (Å²) in [6.07, 6.45) is -6.56. The van der Waals surface area contributed by atoms with E-state index in [9.17, 15) is 19.4 Å². The third-order valence-corrected chi connectivity index (χ3v) is 9.05. The number of nitrogens with one attached hydrogen (secondary N) is 1. The fourth-order valence-corrected chi connectivity index (χ4v) is 6.68. The standard InChI is InChI=1S/C19H22FN11O9P2S2/c20-11-10(3-36-41(34)43)39-18(31-15-12(28-29-31)17(33)27-19(22)26-15)13(11)40-42(35,44)37-4-9-7(32)1-8(38-9)6-2-23-16-14(21)24-5-25-30(6)16/h2,5,7-11,13,18,32H,1,3-4H2,(H6-,21,22,24,25,26,27,29,33,34,35,43,44)/p+1. The van der Waals surface area contributed by atoms with Gasteiger partial charge in [0.05, 0.1) is 24.6 Å². The number of hydrogen-bond donors (Lipinski definition) is 6. The van der Waals surface area contributed by atoms with Crippen molar-refractivity contribution in [3.8, 4) is 0 Å². The molecule has 236 valence electrons. The maximum atomic E-state index is 15.7. The van der Waals surface area contributed by atoms with Crippen molar-refractivity contribution in [3.63, 3.8) is 0 Å². The topological polar surface area (TPSA) is 275 Å². The summed E-state index contributed by atoms with van der Waals surface area (Å²) >= 11 is 8.79. The molecule has 25 heteroatoms. The summed E-state index contributed by atoms with van der Waals surface area (Å²) in [6, 6.07) is 0. The fraction of sp³-hybridized carbons (Fsp3) is 0.526. The van der Waals surface area contributed by atoms with E-state index in [1.165, 1.54) is 17.0 Å². The molecule has 2 fully saturated rings. The first kappa shape index (κ1) is 31.2. The largest absolute Gasteiger partial charge is 0.582 e. The van der Waals surface area contributed by atoms with Crippen LogP contribution in [0.2, 0.25) is 0 Å². The van der Waals surface area contributed by atoms with E-state index in [0.717, 1.165) is 4.68 Å². The Morgan fingerprint density at radius 1 is 1.27 bits per heavy atom. The third kappa shape index (κ3) is 6.05. The monoisotopic (exact) mass is 694 g/mol. The summed E-state index contributed by atoms with van der Waals surface area (Å²) in [4.78, 5) is 37.5. The second-order valence-corrected chi connectivity index (χ2v) is 14.1. The van der Waals surface area contributed by atoms with Crippen molar-refractivity contribution < 1.29 is 42.0 Å². The first-order chi connectivity index (χ1) is 20.9. The van der Waals surface area contributed by atoms with Crippen LogP contribution in [0.5, 0.6) is 0 Å². The molecule has 2 aliphatic heterocycles. The van der Waals surface area contributed by atoms with E-state index in [4.69, 9.17) is 46.3 Å². The molecule has 0 saturated carbocycles. The van der Waals surface area contributed by atoms with Crippen LogP contribution in [0.25, 0.3) is 16.8 Å². The lowest BCUT2D eigenvalue weighted by Gasteiger charge is -2.25. The van der Waals surface area contributed by atoms with Crippen molar-refractivity contribution in [3.05, 3.63) is 28.6 Å². The van der Waals surface area contributed by atoms with Gasteiger partial charge in [-0.3, -0.25) is 14.3 Å². The Morgan fingerprint density at radius 2 is 2.07 bits per heavy atom. The number of aliphatic hydroxyl groups is 1. The minimum atomic E-state index is -4.29. The minimum Gasteiger partial charge on any atom is -0.390 e. The van der Waals surface area contributed by atoms with Crippen LogP contribution < -0.4 is 17.0 Å². The lowest BCUT2D eigenvalue weighted by atomic mass is 10.1. The minimum absolute atomic E-state index is 0.121. The fourth-order valence-electron chi connectivity index (χ4n) is 4.80. The van der Waals surface area contributed by atoms with Gasteiger partial charge in [0.25, 0.3) is 5.56 Å². The highest BCUT2D eigenvalue weighted by Gasteiger charge is 2.51. The van der Waals surface area contributed by atoms with Gasteiger partial charge < -0.3 is 35.5 Å². The molecule has 9 unspecified atom stereocenters. The molecule has 7 N–H and O–H groups in total. The molecular formula is C19H23FN11O9P2S2+. The Balaban J connectivity index is 1.18. The lowest BCUT2D eigenvalue weighted by Crippen LogP contribution is -2.33. The zero-order valence-corrected chi connectivity index (χ0v) is 25.4. The Kier molecular flexibility index (Phi) is 8.63. The van der Waals surface area contributed by atoms with Crippen LogP contribution >= 0.6 is 26.2 Å². The number of anilines is 2. The number of fused-ring (bicyclic) bond motifs is 2.